The van der Waals surface area contributed by atoms with Gasteiger partial charge in [0, 0.05) is 18.0 Å². The van der Waals surface area contributed by atoms with E-state index in [1.54, 1.807) is 0 Å². The highest BCUT2D eigenvalue weighted by molar-refractivity contribution is 7.89. The maximum absolute atomic E-state index is 12.5. The summed E-state index contributed by atoms with van der Waals surface area (Å²) in [4.78, 5) is 0. The first-order valence-electron chi connectivity index (χ1n) is 7.36. The van der Waals surface area contributed by atoms with Crippen molar-refractivity contribution in [2.24, 2.45) is 22.7 Å². The molecule has 2 bridgehead atoms. The van der Waals surface area contributed by atoms with Crippen molar-refractivity contribution in [1.82, 2.24) is 4.31 Å². The molecular weight excluding hydrogens is 246 g/mol. The molecule has 4 aliphatic rings. The number of fused-ring (bicyclic) bond motifs is 1. The van der Waals surface area contributed by atoms with E-state index in [4.69, 9.17) is 0 Å². The van der Waals surface area contributed by atoms with Gasteiger partial charge in [0.25, 0.3) is 0 Å². The van der Waals surface area contributed by atoms with Crippen molar-refractivity contribution < 1.29 is 8.42 Å². The van der Waals surface area contributed by atoms with Gasteiger partial charge in [-0.3, -0.25) is 0 Å². The van der Waals surface area contributed by atoms with Crippen LogP contribution in [0.3, 0.4) is 0 Å². The second-order valence-electron chi connectivity index (χ2n) is 7.63. The van der Waals surface area contributed by atoms with Gasteiger partial charge in [-0.15, -0.1) is 0 Å². The summed E-state index contributed by atoms with van der Waals surface area (Å²) >= 11 is 0. The summed E-state index contributed by atoms with van der Waals surface area (Å²) in [5, 5.41) is 0. The minimum absolute atomic E-state index is 0.0748. The minimum atomic E-state index is -2.98. The predicted octanol–water partition coefficient (Wildman–Crippen LogP) is 2.24. The predicted molar refractivity (Wildman–Crippen MR) is 70.6 cm³/mol. The normalized spacial score (nSPS) is 48.6. The summed E-state index contributed by atoms with van der Waals surface area (Å²) < 4.78 is 27.0. The van der Waals surface area contributed by atoms with Crippen LogP contribution >= 0.6 is 0 Å². The number of rotatable bonds is 2. The van der Waals surface area contributed by atoms with E-state index in [1.165, 1.54) is 19.3 Å². The maximum atomic E-state index is 12.5. The Labute approximate surface area is 110 Å². The van der Waals surface area contributed by atoms with Gasteiger partial charge in [-0.05, 0) is 49.4 Å². The van der Waals surface area contributed by atoms with E-state index < -0.39 is 10.0 Å². The molecule has 1 heterocycles. The standard InChI is InChI=1S/C14H23NO2S/c1-13(2)11-5-6-14(13)9-18(16,17)15(12(14)7-11)8-10-3-4-10/h10-12H,3-9H2,1-2H3/t11-,12-,14+/m1/s1. The molecule has 0 aromatic rings. The van der Waals surface area contributed by atoms with E-state index in [-0.39, 0.29) is 10.8 Å². The molecular formula is C14H23NO2S. The van der Waals surface area contributed by atoms with E-state index in [0.717, 1.165) is 25.3 Å². The molecule has 4 heteroatoms. The Kier molecular flexibility index (Phi) is 2.04. The van der Waals surface area contributed by atoms with Crippen molar-refractivity contribution in [2.75, 3.05) is 12.3 Å². The lowest BCUT2D eigenvalue weighted by Crippen LogP contribution is -2.42. The Balaban J connectivity index is 1.76. The molecule has 3 saturated carbocycles. The molecule has 102 valence electrons. The molecule has 4 rings (SSSR count). The summed E-state index contributed by atoms with van der Waals surface area (Å²) in [5.74, 6) is 1.85. The highest BCUT2D eigenvalue weighted by atomic mass is 32.2. The molecule has 1 aliphatic heterocycles. The average molecular weight is 269 g/mol. The van der Waals surface area contributed by atoms with Gasteiger partial charge in [0.15, 0.2) is 0 Å². The number of hydrogen-bond acceptors (Lipinski definition) is 2. The molecule has 3 aliphatic carbocycles. The molecule has 4 fully saturated rings. The molecule has 0 radical (unpaired) electrons. The molecule has 0 aromatic carbocycles. The first kappa shape index (κ1) is 11.7. The van der Waals surface area contributed by atoms with Crippen molar-refractivity contribution in [1.29, 1.82) is 0 Å². The maximum Gasteiger partial charge on any atom is 0.215 e. The van der Waals surface area contributed by atoms with E-state index in [2.05, 4.69) is 13.8 Å². The Morgan fingerprint density at radius 2 is 1.94 bits per heavy atom. The summed E-state index contributed by atoms with van der Waals surface area (Å²) in [6.07, 6.45) is 5.97. The van der Waals surface area contributed by atoms with E-state index in [9.17, 15) is 8.42 Å². The van der Waals surface area contributed by atoms with E-state index >= 15 is 0 Å². The van der Waals surface area contributed by atoms with Crippen LogP contribution in [0.15, 0.2) is 0 Å². The molecule has 0 unspecified atom stereocenters. The average Bonchev–Trinajstić information content (AvgIpc) is 2.97. The first-order valence-corrected chi connectivity index (χ1v) is 8.97. The van der Waals surface area contributed by atoms with Crippen LogP contribution in [-0.4, -0.2) is 31.1 Å². The number of nitrogens with zero attached hydrogens (tertiary/aromatic N) is 1. The van der Waals surface area contributed by atoms with Crippen LogP contribution in [0.1, 0.15) is 46.0 Å². The Morgan fingerprint density at radius 1 is 1.22 bits per heavy atom. The fourth-order valence-electron chi connectivity index (χ4n) is 5.17. The highest BCUT2D eigenvalue weighted by Crippen LogP contribution is 2.70. The topological polar surface area (TPSA) is 37.4 Å². The molecule has 0 aromatic heterocycles. The van der Waals surface area contributed by atoms with Gasteiger partial charge in [0.2, 0.25) is 10.0 Å². The molecule has 0 N–H and O–H groups in total. The zero-order valence-electron chi connectivity index (χ0n) is 11.4. The summed E-state index contributed by atoms with van der Waals surface area (Å²) in [6, 6.07) is 0.330. The smallest absolute Gasteiger partial charge is 0.212 e. The summed E-state index contributed by atoms with van der Waals surface area (Å²) in [7, 11) is -2.98. The lowest BCUT2D eigenvalue weighted by Gasteiger charge is -2.37. The van der Waals surface area contributed by atoms with Gasteiger partial charge < -0.3 is 0 Å². The van der Waals surface area contributed by atoms with Crippen molar-refractivity contribution in [3.05, 3.63) is 0 Å². The third-order valence-corrected chi connectivity index (χ3v) is 8.67. The van der Waals surface area contributed by atoms with Crippen LogP contribution in [0.4, 0.5) is 0 Å². The van der Waals surface area contributed by atoms with Gasteiger partial charge in [0.05, 0.1) is 5.75 Å². The SMILES string of the molecule is CC1(C)[C@@H]2CC[C@@]13CS(=O)(=O)N(CC1CC1)[C@@H]3C2. The van der Waals surface area contributed by atoms with Crippen LogP contribution in [0.25, 0.3) is 0 Å². The highest BCUT2D eigenvalue weighted by Gasteiger charge is 2.71. The van der Waals surface area contributed by atoms with Crippen LogP contribution in [-0.2, 0) is 10.0 Å². The molecule has 1 spiro atoms. The van der Waals surface area contributed by atoms with E-state index in [0.29, 0.717) is 17.7 Å². The van der Waals surface area contributed by atoms with Crippen LogP contribution in [0.5, 0.6) is 0 Å². The second kappa shape index (κ2) is 3.14. The third-order valence-electron chi connectivity index (χ3n) is 6.67. The van der Waals surface area contributed by atoms with Crippen molar-refractivity contribution in [2.45, 2.75) is 52.0 Å². The van der Waals surface area contributed by atoms with Gasteiger partial charge in [-0.2, -0.15) is 4.31 Å². The molecule has 18 heavy (non-hydrogen) atoms. The van der Waals surface area contributed by atoms with Crippen LogP contribution < -0.4 is 0 Å². The summed E-state index contributed by atoms with van der Waals surface area (Å²) in [5.41, 5.74) is 0.300. The largest absolute Gasteiger partial charge is 0.215 e. The van der Waals surface area contributed by atoms with Crippen molar-refractivity contribution >= 4 is 10.0 Å². The van der Waals surface area contributed by atoms with Crippen molar-refractivity contribution in [3.63, 3.8) is 0 Å². The van der Waals surface area contributed by atoms with Gasteiger partial charge in [-0.25, -0.2) is 8.42 Å². The summed E-state index contributed by atoms with van der Waals surface area (Å²) in [6.45, 7) is 5.46. The fraction of sp³-hybridized carbons (Fsp3) is 1.00. The van der Waals surface area contributed by atoms with Crippen molar-refractivity contribution in [3.8, 4) is 0 Å². The zero-order valence-corrected chi connectivity index (χ0v) is 12.2. The third kappa shape index (κ3) is 1.22. The lowest BCUT2D eigenvalue weighted by atomic mass is 9.69. The Hall–Kier alpha value is -0.0900. The zero-order chi connectivity index (χ0) is 12.8. The van der Waals surface area contributed by atoms with E-state index in [1.807, 2.05) is 4.31 Å². The van der Waals surface area contributed by atoms with Gasteiger partial charge in [-0.1, -0.05) is 13.8 Å². The molecule has 0 amide bonds. The van der Waals surface area contributed by atoms with Crippen LogP contribution in [0.2, 0.25) is 0 Å². The quantitative estimate of drug-likeness (QED) is 0.771. The Morgan fingerprint density at radius 3 is 2.56 bits per heavy atom. The number of hydrogen-bond donors (Lipinski definition) is 0. The minimum Gasteiger partial charge on any atom is -0.212 e. The fourth-order valence-corrected chi connectivity index (χ4v) is 7.81. The number of sulfonamides is 1. The Bertz CT molecular complexity index is 494. The van der Waals surface area contributed by atoms with Crippen LogP contribution in [0, 0.1) is 22.7 Å². The molecule has 3 atom stereocenters. The first-order chi connectivity index (χ1) is 8.37. The van der Waals surface area contributed by atoms with Gasteiger partial charge >= 0.3 is 0 Å². The molecule has 1 saturated heterocycles. The van der Waals surface area contributed by atoms with Gasteiger partial charge in [0.1, 0.15) is 0 Å². The monoisotopic (exact) mass is 269 g/mol. The second-order valence-corrected chi connectivity index (χ2v) is 9.56. The molecule has 3 nitrogen and oxygen atoms in total. The lowest BCUT2D eigenvalue weighted by molar-refractivity contribution is 0.112.